The molecule has 0 heterocycles. The molecular weight excluding hydrogens is 332 g/mol. The molecule has 0 fully saturated rings. The number of anilines is 1. The molecule has 0 aliphatic carbocycles. The van der Waals surface area contributed by atoms with Crippen LogP contribution in [0.5, 0.6) is 5.75 Å². The van der Waals surface area contributed by atoms with Crippen molar-refractivity contribution in [3.05, 3.63) is 59.2 Å². The number of carbonyl (C=O) groups excluding carboxylic acids is 2. The van der Waals surface area contributed by atoms with Gasteiger partial charge in [0.05, 0.1) is 18.9 Å². The van der Waals surface area contributed by atoms with Gasteiger partial charge in [0, 0.05) is 13.7 Å². The van der Waals surface area contributed by atoms with Crippen LogP contribution in [0.1, 0.15) is 22.8 Å². The molecule has 26 heavy (non-hydrogen) atoms. The highest BCUT2D eigenvalue weighted by molar-refractivity contribution is 6.39. The summed E-state index contributed by atoms with van der Waals surface area (Å²) in [6.45, 7) is 4.05. The molecule has 0 aromatic heterocycles. The van der Waals surface area contributed by atoms with E-state index in [1.165, 1.54) is 7.11 Å². The topological polar surface area (TPSA) is 76.7 Å². The Morgan fingerprint density at radius 1 is 1.04 bits per heavy atom. The fourth-order valence-corrected chi connectivity index (χ4v) is 2.63. The number of hydrogen-bond acceptors (Lipinski definition) is 4. The maximum atomic E-state index is 12.2. The van der Waals surface area contributed by atoms with Gasteiger partial charge in [0.25, 0.3) is 0 Å². The minimum Gasteiger partial charge on any atom is -0.495 e. The van der Waals surface area contributed by atoms with Crippen molar-refractivity contribution in [3.63, 3.8) is 0 Å². The van der Waals surface area contributed by atoms with Crippen LogP contribution in [-0.4, -0.2) is 32.6 Å². The van der Waals surface area contributed by atoms with Gasteiger partial charge in [-0.1, -0.05) is 30.3 Å². The van der Waals surface area contributed by atoms with Gasteiger partial charge in [-0.3, -0.25) is 9.59 Å². The van der Waals surface area contributed by atoms with Gasteiger partial charge >= 0.3 is 11.8 Å². The summed E-state index contributed by atoms with van der Waals surface area (Å²) < 4.78 is 10.7. The predicted octanol–water partition coefficient (Wildman–Crippen LogP) is 2.75. The van der Waals surface area contributed by atoms with Crippen LogP contribution in [0, 0.1) is 13.8 Å². The molecule has 1 unspecified atom stereocenters. The number of hydrogen-bond donors (Lipinski definition) is 2. The molecule has 138 valence electrons. The van der Waals surface area contributed by atoms with Crippen LogP contribution in [0.3, 0.4) is 0 Å². The molecule has 2 rings (SSSR count). The highest BCUT2D eigenvalue weighted by Crippen LogP contribution is 2.25. The van der Waals surface area contributed by atoms with Gasteiger partial charge in [-0.2, -0.15) is 0 Å². The first-order chi connectivity index (χ1) is 12.5. The minimum absolute atomic E-state index is 0.193. The zero-order chi connectivity index (χ0) is 19.1. The number of methoxy groups -OCH3 is 2. The van der Waals surface area contributed by atoms with Crippen LogP contribution in [0.25, 0.3) is 0 Å². The third kappa shape index (κ3) is 4.83. The monoisotopic (exact) mass is 356 g/mol. The van der Waals surface area contributed by atoms with Gasteiger partial charge < -0.3 is 20.1 Å². The number of rotatable bonds is 6. The zero-order valence-electron chi connectivity index (χ0n) is 15.5. The minimum atomic E-state index is -0.756. The Morgan fingerprint density at radius 2 is 1.77 bits per heavy atom. The standard InChI is InChI=1S/C20H24N2O4/c1-13-9-10-17(25-3)16(11-13)22-20(24)19(23)21-12-18(26-4)15-8-6-5-7-14(15)2/h5-11,18H,12H2,1-4H3,(H,21,23)(H,22,24). The van der Waals surface area contributed by atoms with E-state index < -0.39 is 11.8 Å². The summed E-state index contributed by atoms with van der Waals surface area (Å²) in [5, 5.41) is 5.19. The van der Waals surface area contributed by atoms with Crippen LogP contribution in [-0.2, 0) is 14.3 Å². The molecule has 2 amide bonds. The van der Waals surface area contributed by atoms with Crippen molar-refractivity contribution in [2.45, 2.75) is 20.0 Å². The Labute approximate surface area is 153 Å². The van der Waals surface area contributed by atoms with E-state index in [0.29, 0.717) is 11.4 Å². The molecule has 0 aliphatic heterocycles. The number of carbonyl (C=O) groups is 2. The fourth-order valence-electron chi connectivity index (χ4n) is 2.63. The maximum Gasteiger partial charge on any atom is 0.313 e. The molecule has 2 aromatic rings. The van der Waals surface area contributed by atoms with Crippen LogP contribution in [0.4, 0.5) is 5.69 Å². The molecule has 0 spiro atoms. The smallest absolute Gasteiger partial charge is 0.313 e. The first-order valence-electron chi connectivity index (χ1n) is 8.28. The van der Waals surface area contributed by atoms with Crippen LogP contribution in [0.15, 0.2) is 42.5 Å². The van der Waals surface area contributed by atoms with E-state index in [-0.39, 0.29) is 12.6 Å². The van der Waals surface area contributed by atoms with E-state index in [1.54, 1.807) is 19.2 Å². The molecule has 0 saturated carbocycles. The van der Waals surface area contributed by atoms with Crippen molar-refractivity contribution in [1.29, 1.82) is 0 Å². The Bertz CT molecular complexity index is 789. The van der Waals surface area contributed by atoms with E-state index in [1.807, 2.05) is 44.2 Å². The molecule has 2 aromatic carbocycles. The lowest BCUT2D eigenvalue weighted by atomic mass is 10.0. The predicted molar refractivity (Wildman–Crippen MR) is 100 cm³/mol. The van der Waals surface area contributed by atoms with E-state index in [2.05, 4.69) is 10.6 Å². The summed E-state index contributed by atoms with van der Waals surface area (Å²) in [6.07, 6.45) is -0.332. The molecule has 2 N–H and O–H groups in total. The quantitative estimate of drug-likeness (QED) is 0.781. The van der Waals surface area contributed by atoms with E-state index in [4.69, 9.17) is 9.47 Å². The first kappa shape index (κ1) is 19.5. The normalized spacial score (nSPS) is 11.5. The highest BCUT2D eigenvalue weighted by atomic mass is 16.5. The average Bonchev–Trinajstić information content (AvgIpc) is 2.63. The van der Waals surface area contributed by atoms with Crippen LogP contribution < -0.4 is 15.4 Å². The third-order valence-electron chi connectivity index (χ3n) is 4.08. The highest BCUT2D eigenvalue weighted by Gasteiger charge is 2.19. The molecule has 0 bridgehead atoms. The Morgan fingerprint density at radius 3 is 2.42 bits per heavy atom. The number of nitrogens with one attached hydrogen (secondary N) is 2. The number of aryl methyl sites for hydroxylation is 2. The zero-order valence-corrected chi connectivity index (χ0v) is 15.5. The number of amides is 2. The van der Waals surface area contributed by atoms with Crippen molar-refractivity contribution in [3.8, 4) is 5.75 Å². The number of ether oxygens (including phenoxy) is 2. The second-order valence-electron chi connectivity index (χ2n) is 5.95. The van der Waals surface area contributed by atoms with Crippen molar-refractivity contribution < 1.29 is 19.1 Å². The molecule has 6 nitrogen and oxygen atoms in total. The van der Waals surface area contributed by atoms with Crippen LogP contribution >= 0.6 is 0 Å². The van der Waals surface area contributed by atoms with E-state index in [0.717, 1.165) is 16.7 Å². The maximum absolute atomic E-state index is 12.2. The Kier molecular flexibility index (Phi) is 6.74. The van der Waals surface area contributed by atoms with Gasteiger partial charge in [0.2, 0.25) is 0 Å². The Balaban J connectivity index is 2.00. The average molecular weight is 356 g/mol. The lowest BCUT2D eigenvalue weighted by Crippen LogP contribution is -2.38. The van der Waals surface area contributed by atoms with Crippen molar-refractivity contribution >= 4 is 17.5 Å². The van der Waals surface area contributed by atoms with E-state index >= 15 is 0 Å². The summed E-state index contributed by atoms with van der Waals surface area (Å²) in [7, 11) is 3.08. The van der Waals surface area contributed by atoms with E-state index in [9.17, 15) is 9.59 Å². The van der Waals surface area contributed by atoms with Crippen molar-refractivity contribution in [1.82, 2.24) is 5.32 Å². The fraction of sp³-hybridized carbons (Fsp3) is 0.300. The lowest BCUT2D eigenvalue weighted by Gasteiger charge is -2.18. The molecule has 0 saturated heterocycles. The third-order valence-corrected chi connectivity index (χ3v) is 4.08. The van der Waals surface area contributed by atoms with Crippen molar-refractivity contribution in [2.24, 2.45) is 0 Å². The summed E-state index contributed by atoms with van der Waals surface area (Å²) in [5.74, 6) is -0.996. The summed E-state index contributed by atoms with van der Waals surface area (Å²) in [5.41, 5.74) is 3.42. The van der Waals surface area contributed by atoms with Gasteiger partial charge in [-0.25, -0.2) is 0 Å². The molecule has 0 radical (unpaired) electrons. The molecule has 6 heteroatoms. The lowest BCUT2D eigenvalue weighted by molar-refractivity contribution is -0.136. The van der Waals surface area contributed by atoms with Gasteiger partial charge in [-0.15, -0.1) is 0 Å². The van der Waals surface area contributed by atoms with Crippen LogP contribution in [0.2, 0.25) is 0 Å². The number of benzene rings is 2. The van der Waals surface area contributed by atoms with Gasteiger partial charge in [0.1, 0.15) is 5.75 Å². The summed E-state index contributed by atoms with van der Waals surface area (Å²) in [6, 6.07) is 13.1. The molecular formula is C20H24N2O4. The van der Waals surface area contributed by atoms with Gasteiger partial charge in [-0.05, 0) is 42.7 Å². The second-order valence-corrected chi connectivity index (χ2v) is 5.95. The molecule has 0 aliphatic rings. The SMILES string of the molecule is COc1ccc(C)cc1NC(=O)C(=O)NCC(OC)c1ccccc1C. The summed E-state index contributed by atoms with van der Waals surface area (Å²) in [4.78, 5) is 24.3. The Hall–Kier alpha value is -2.86. The molecule has 1 atom stereocenters. The first-order valence-corrected chi connectivity index (χ1v) is 8.28. The van der Waals surface area contributed by atoms with Crippen molar-refractivity contribution in [2.75, 3.05) is 26.1 Å². The second kappa shape index (κ2) is 9.01. The summed E-state index contributed by atoms with van der Waals surface area (Å²) >= 11 is 0. The van der Waals surface area contributed by atoms with Gasteiger partial charge in [0.15, 0.2) is 0 Å². The largest absolute Gasteiger partial charge is 0.495 e.